The molecule has 0 spiro atoms. The van der Waals surface area contributed by atoms with Crippen molar-refractivity contribution in [2.45, 2.75) is 25.9 Å². The predicted octanol–water partition coefficient (Wildman–Crippen LogP) is 5.89. The molecule has 3 aromatic rings. The van der Waals surface area contributed by atoms with E-state index >= 15 is 0 Å². The van der Waals surface area contributed by atoms with Crippen molar-refractivity contribution in [2.24, 2.45) is 0 Å². The Morgan fingerprint density at radius 1 is 0.692 bits per heavy atom. The second-order valence-corrected chi connectivity index (χ2v) is 11.2. The van der Waals surface area contributed by atoms with Gasteiger partial charge in [-0.05, 0) is 48.2 Å². The smallest absolute Gasteiger partial charge is 0.123 e. The first-order valence-corrected chi connectivity index (χ1v) is 14.6. The molecule has 0 radical (unpaired) electrons. The molecule has 0 saturated carbocycles. The first kappa shape index (κ1) is 27.7. The number of rotatable bonds is 9. The highest BCUT2D eigenvalue weighted by atomic mass is 19.1. The molecule has 5 heteroatoms. The van der Waals surface area contributed by atoms with Gasteiger partial charge in [0.05, 0.1) is 0 Å². The zero-order valence-electron chi connectivity index (χ0n) is 23.6. The molecule has 0 amide bonds. The lowest BCUT2D eigenvalue weighted by Gasteiger charge is -2.43. The maximum absolute atomic E-state index is 13.7. The van der Waals surface area contributed by atoms with Crippen LogP contribution in [0, 0.1) is 5.82 Å². The summed E-state index contributed by atoms with van der Waals surface area (Å²) in [5, 5.41) is 0. The van der Waals surface area contributed by atoms with Crippen LogP contribution in [-0.4, -0.2) is 91.1 Å². The summed E-state index contributed by atoms with van der Waals surface area (Å²) >= 11 is 0. The molecule has 5 rings (SSSR count). The quantitative estimate of drug-likeness (QED) is 0.345. The summed E-state index contributed by atoms with van der Waals surface area (Å²) in [7, 11) is 0. The van der Waals surface area contributed by atoms with Crippen molar-refractivity contribution in [1.82, 2.24) is 19.6 Å². The van der Waals surface area contributed by atoms with Crippen LogP contribution in [0.5, 0.6) is 0 Å². The fraction of sp³-hybridized carbons (Fsp3) is 0.412. The Morgan fingerprint density at radius 3 is 2.00 bits per heavy atom. The van der Waals surface area contributed by atoms with Crippen molar-refractivity contribution in [3.05, 3.63) is 102 Å². The molecule has 0 N–H and O–H groups in total. The molecule has 39 heavy (non-hydrogen) atoms. The van der Waals surface area contributed by atoms with E-state index in [-0.39, 0.29) is 5.82 Å². The topological polar surface area (TPSA) is 13.0 Å². The van der Waals surface area contributed by atoms with Gasteiger partial charge in [-0.15, -0.1) is 0 Å². The van der Waals surface area contributed by atoms with Crippen molar-refractivity contribution in [1.29, 1.82) is 0 Å². The summed E-state index contributed by atoms with van der Waals surface area (Å²) in [4.78, 5) is 10.3. The summed E-state index contributed by atoms with van der Waals surface area (Å²) < 4.78 is 13.7. The van der Waals surface area contributed by atoms with E-state index in [0.29, 0.717) is 12.1 Å². The minimum atomic E-state index is -0.157. The van der Waals surface area contributed by atoms with E-state index in [1.807, 2.05) is 12.1 Å². The van der Waals surface area contributed by atoms with Crippen LogP contribution < -0.4 is 0 Å². The van der Waals surface area contributed by atoms with Crippen LogP contribution in [0.2, 0.25) is 0 Å². The standard InChI is InChI=1S/C34H43FN4/c1-28(2)38-23-25-39(26-24-38)34(31-14-16-32(35)17-15-31)27-37-21-19-36(20-22-37)18-8-12-30-11-6-7-13-33(30)29-9-4-3-5-10-29/h3-17,28,34H,18-27H2,1-2H3/b12-8+. The summed E-state index contributed by atoms with van der Waals surface area (Å²) in [6.07, 6.45) is 4.59. The monoisotopic (exact) mass is 526 g/mol. The predicted molar refractivity (Wildman–Crippen MR) is 161 cm³/mol. The molecule has 1 atom stereocenters. The highest BCUT2D eigenvalue weighted by Crippen LogP contribution is 2.26. The second-order valence-electron chi connectivity index (χ2n) is 11.2. The first-order valence-electron chi connectivity index (χ1n) is 14.6. The van der Waals surface area contributed by atoms with E-state index in [1.54, 1.807) is 12.1 Å². The molecule has 0 bridgehead atoms. The fourth-order valence-corrected chi connectivity index (χ4v) is 5.93. The molecular formula is C34H43FN4. The van der Waals surface area contributed by atoms with Crippen LogP contribution in [0.25, 0.3) is 17.2 Å². The van der Waals surface area contributed by atoms with E-state index in [9.17, 15) is 4.39 Å². The van der Waals surface area contributed by atoms with Crippen molar-refractivity contribution in [3.8, 4) is 11.1 Å². The van der Waals surface area contributed by atoms with Crippen LogP contribution in [0.15, 0.2) is 84.9 Å². The van der Waals surface area contributed by atoms with E-state index < -0.39 is 0 Å². The SMILES string of the molecule is CC(C)N1CCN(C(CN2CCN(C/C=C/c3ccccc3-c3ccccc3)CC2)c2ccc(F)cc2)CC1. The molecule has 2 fully saturated rings. The van der Waals surface area contributed by atoms with Gasteiger partial charge in [-0.3, -0.25) is 19.6 Å². The Balaban J connectivity index is 1.16. The Hall–Kier alpha value is -2.83. The van der Waals surface area contributed by atoms with Crippen LogP contribution in [-0.2, 0) is 0 Å². The number of hydrogen-bond acceptors (Lipinski definition) is 4. The van der Waals surface area contributed by atoms with Gasteiger partial charge < -0.3 is 0 Å². The highest BCUT2D eigenvalue weighted by Gasteiger charge is 2.28. The number of nitrogens with zero attached hydrogens (tertiary/aromatic N) is 4. The number of hydrogen-bond donors (Lipinski definition) is 0. The average Bonchev–Trinajstić information content (AvgIpc) is 2.98. The van der Waals surface area contributed by atoms with Gasteiger partial charge >= 0.3 is 0 Å². The van der Waals surface area contributed by atoms with Gasteiger partial charge in [-0.2, -0.15) is 0 Å². The summed E-state index contributed by atoms with van der Waals surface area (Å²) in [6.45, 7) is 15.1. The first-order chi connectivity index (χ1) is 19.1. The lowest BCUT2D eigenvalue weighted by atomic mass is 9.99. The summed E-state index contributed by atoms with van der Waals surface area (Å²) in [6, 6.07) is 27.4. The zero-order chi connectivity index (χ0) is 27.0. The molecule has 2 heterocycles. The van der Waals surface area contributed by atoms with Crippen LogP contribution in [0.1, 0.15) is 31.0 Å². The molecule has 3 aromatic carbocycles. The van der Waals surface area contributed by atoms with Crippen LogP contribution in [0.4, 0.5) is 4.39 Å². The third kappa shape index (κ3) is 7.43. The van der Waals surface area contributed by atoms with Crippen LogP contribution >= 0.6 is 0 Å². The van der Waals surface area contributed by atoms with Gasteiger partial charge in [0.2, 0.25) is 0 Å². The number of halogens is 1. The fourth-order valence-electron chi connectivity index (χ4n) is 5.93. The van der Waals surface area contributed by atoms with E-state index in [0.717, 1.165) is 65.4 Å². The second kappa shape index (κ2) is 13.5. The van der Waals surface area contributed by atoms with Crippen molar-refractivity contribution >= 4 is 6.08 Å². The number of benzene rings is 3. The maximum atomic E-state index is 13.7. The lowest BCUT2D eigenvalue weighted by Crippen LogP contribution is -2.53. The van der Waals surface area contributed by atoms with Crippen LogP contribution in [0.3, 0.4) is 0 Å². The molecule has 4 nitrogen and oxygen atoms in total. The minimum absolute atomic E-state index is 0.157. The molecule has 0 aliphatic carbocycles. The molecule has 0 aromatic heterocycles. The van der Waals surface area contributed by atoms with Crippen molar-refractivity contribution in [3.63, 3.8) is 0 Å². The third-order valence-electron chi connectivity index (χ3n) is 8.38. The highest BCUT2D eigenvalue weighted by molar-refractivity contribution is 5.75. The van der Waals surface area contributed by atoms with Gasteiger partial charge in [0.1, 0.15) is 5.82 Å². The van der Waals surface area contributed by atoms with Gasteiger partial charge in [0.25, 0.3) is 0 Å². The molecular weight excluding hydrogens is 483 g/mol. The summed E-state index contributed by atoms with van der Waals surface area (Å²) in [5.41, 5.74) is 5.03. The lowest BCUT2D eigenvalue weighted by molar-refractivity contribution is 0.0496. The average molecular weight is 527 g/mol. The van der Waals surface area contributed by atoms with Gasteiger partial charge in [-0.25, -0.2) is 4.39 Å². The van der Waals surface area contributed by atoms with Crippen molar-refractivity contribution in [2.75, 3.05) is 65.4 Å². The maximum Gasteiger partial charge on any atom is 0.123 e. The number of piperazine rings is 2. The third-order valence-corrected chi connectivity index (χ3v) is 8.38. The Morgan fingerprint density at radius 2 is 1.31 bits per heavy atom. The van der Waals surface area contributed by atoms with E-state index in [1.165, 1.54) is 22.3 Å². The summed E-state index contributed by atoms with van der Waals surface area (Å²) in [5.74, 6) is -0.157. The van der Waals surface area contributed by atoms with Gasteiger partial charge in [0, 0.05) is 77.5 Å². The van der Waals surface area contributed by atoms with Crippen molar-refractivity contribution < 1.29 is 4.39 Å². The van der Waals surface area contributed by atoms with E-state index in [4.69, 9.17) is 0 Å². The molecule has 2 aliphatic heterocycles. The van der Waals surface area contributed by atoms with E-state index in [2.05, 4.69) is 100 Å². The van der Waals surface area contributed by atoms with Gasteiger partial charge in [-0.1, -0.05) is 78.9 Å². The Bertz CT molecular complexity index is 1180. The zero-order valence-corrected chi connectivity index (χ0v) is 23.6. The molecule has 206 valence electrons. The Kier molecular flexibility index (Phi) is 9.59. The Labute approximate surface area is 234 Å². The largest absolute Gasteiger partial charge is 0.299 e. The minimum Gasteiger partial charge on any atom is -0.299 e. The molecule has 1 unspecified atom stereocenters. The molecule has 2 aliphatic rings. The van der Waals surface area contributed by atoms with Gasteiger partial charge in [0.15, 0.2) is 0 Å². The molecule has 2 saturated heterocycles. The normalized spacial score (nSPS) is 19.2.